The summed E-state index contributed by atoms with van der Waals surface area (Å²) in [5, 5.41) is 28.8. The summed E-state index contributed by atoms with van der Waals surface area (Å²) in [6.07, 6.45) is 1.21. The molecule has 0 amide bonds. The summed E-state index contributed by atoms with van der Waals surface area (Å²) in [4.78, 5) is 33.3. The lowest BCUT2D eigenvalue weighted by Gasteiger charge is -2.09. The highest BCUT2D eigenvalue weighted by molar-refractivity contribution is 6.37. The highest BCUT2D eigenvalue weighted by Gasteiger charge is 2.17. The van der Waals surface area contributed by atoms with Crippen LogP contribution in [0.5, 0.6) is 5.75 Å². The Morgan fingerprint density at radius 3 is 2.43 bits per heavy atom. The normalized spacial score (nSPS) is 10.8. The summed E-state index contributed by atoms with van der Waals surface area (Å²) in [5.41, 5.74) is -0.324. The number of carbonyl (C=O) groups is 2. The Labute approximate surface area is 168 Å². The van der Waals surface area contributed by atoms with Crippen LogP contribution in [0.1, 0.15) is 15.9 Å². The number of nitrogens with zero attached hydrogens (tertiary/aromatic N) is 2. The maximum absolute atomic E-state index is 12.5. The summed E-state index contributed by atoms with van der Waals surface area (Å²) < 4.78 is 4.99. The number of ether oxygens (including phenoxy) is 1. The van der Waals surface area contributed by atoms with Crippen molar-refractivity contribution in [1.29, 1.82) is 5.26 Å². The average Bonchev–Trinajstić information content (AvgIpc) is 2.64. The van der Waals surface area contributed by atoms with Gasteiger partial charge < -0.3 is 9.84 Å². The Bertz CT molecular complexity index is 1020. The average molecular weight is 421 g/mol. The van der Waals surface area contributed by atoms with Crippen LogP contribution in [0.3, 0.4) is 0 Å². The number of nitro groups is 1. The standard InChI is InChI=1S/C18H10Cl2N2O6/c19-14-5-10(6-15(20)18(14)28-9-16(23)24)4-12(8-21)17(25)11-2-1-3-13(7-11)22(26)27/h1-7H,9H2,(H,23,24)/b12-4+. The van der Waals surface area contributed by atoms with Crippen molar-refractivity contribution in [3.05, 3.63) is 73.3 Å². The Morgan fingerprint density at radius 1 is 1.25 bits per heavy atom. The molecular formula is C18H10Cl2N2O6. The van der Waals surface area contributed by atoms with Gasteiger partial charge in [-0.05, 0) is 23.8 Å². The van der Waals surface area contributed by atoms with Crippen molar-refractivity contribution in [3.63, 3.8) is 0 Å². The molecule has 0 radical (unpaired) electrons. The van der Waals surface area contributed by atoms with Crippen LogP contribution >= 0.6 is 23.2 Å². The van der Waals surface area contributed by atoms with E-state index in [2.05, 4.69) is 0 Å². The van der Waals surface area contributed by atoms with Crippen molar-refractivity contribution in [2.24, 2.45) is 0 Å². The minimum absolute atomic E-state index is 0.0138. The second-order valence-electron chi connectivity index (χ2n) is 5.30. The van der Waals surface area contributed by atoms with Gasteiger partial charge in [0.1, 0.15) is 11.6 Å². The highest BCUT2D eigenvalue weighted by atomic mass is 35.5. The van der Waals surface area contributed by atoms with Crippen molar-refractivity contribution in [2.45, 2.75) is 0 Å². The first-order chi connectivity index (χ1) is 13.2. The summed E-state index contributed by atoms with van der Waals surface area (Å²) in [5.74, 6) is -1.98. The van der Waals surface area contributed by atoms with Gasteiger partial charge in [-0.25, -0.2) is 4.79 Å². The summed E-state index contributed by atoms with van der Waals surface area (Å²) in [6.45, 7) is -0.649. The molecule has 142 valence electrons. The molecular weight excluding hydrogens is 411 g/mol. The van der Waals surface area contributed by atoms with Crippen molar-refractivity contribution in [1.82, 2.24) is 0 Å². The van der Waals surface area contributed by atoms with E-state index in [1.165, 1.54) is 36.4 Å². The van der Waals surface area contributed by atoms with Crippen molar-refractivity contribution in [2.75, 3.05) is 6.61 Å². The zero-order chi connectivity index (χ0) is 20.8. The van der Waals surface area contributed by atoms with Gasteiger partial charge in [-0.15, -0.1) is 0 Å². The fourth-order valence-corrected chi connectivity index (χ4v) is 2.78. The van der Waals surface area contributed by atoms with Crippen LogP contribution in [0, 0.1) is 21.4 Å². The molecule has 0 fully saturated rings. The molecule has 0 aliphatic rings. The number of carboxylic acid groups (broad SMARTS) is 1. The van der Waals surface area contributed by atoms with Crippen LogP contribution in [0.4, 0.5) is 5.69 Å². The molecule has 0 aliphatic heterocycles. The topological polar surface area (TPSA) is 131 Å². The fourth-order valence-electron chi connectivity index (χ4n) is 2.17. The van der Waals surface area contributed by atoms with E-state index in [0.717, 1.165) is 6.07 Å². The van der Waals surface area contributed by atoms with Crippen molar-refractivity contribution >= 4 is 46.7 Å². The Balaban J connectivity index is 2.38. The van der Waals surface area contributed by atoms with Gasteiger partial charge in [0.2, 0.25) is 5.78 Å². The molecule has 0 saturated heterocycles. The second kappa shape index (κ2) is 8.99. The molecule has 0 atom stereocenters. The lowest BCUT2D eigenvalue weighted by atomic mass is 10.0. The van der Waals surface area contributed by atoms with Crippen LogP contribution in [0.25, 0.3) is 6.08 Å². The predicted octanol–water partition coefficient (Wildman–Crippen LogP) is 4.15. The third kappa shape index (κ3) is 5.07. The minimum Gasteiger partial charge on any atom is -0.479 e. The molecule has 0 bridgehead atoms. The molecule has 0 aromatic heterocycles. The number of carboxylic acids is 1. The largest absolute Gasteiger partial charge is 0.479 e. The van der Waals surface area contributed by atoms with Gasteiger partial charge in [0.15, 0.2) is 12.4 Å². The molecule has 2 rings (SSSR count). The van der Waals surface area contributed by atoms with E-state index < -0.39 is 23.3 Å². The minimum atomic E-state index is -1.22. The Hall–Kier alpha value is -3.41. The van der Waals surface area contributed by atoms with Gasteiger partial charge in [0.25, 0.3) is 5.69 Å². The number of non-ortho nitro benzene ring substituents is 1. The van der Waals surface area contributed by atoms with E-state index in [1.807, 2.05) is 0 Å². The van der Waals surface area contributed by atoms with Gasteiger partial charge in [-0.3, -0.25) is 14.9 Å². The second-order valence-corrected chi connectivity index (χ2v) is 6.12. The summed E-state index contributed by atoms with van der Waals surface area (Å²) >= 11 is 12.0. The molecule has 0 unspecified atom stereocenters. The first kappa shape index (κ1) is 20.9. The maximum Gasteiger partial charge on any atom is 0.341 e. The quantitative estimate of drug-likeness (QED) is 0.234. The summed E-state index contributed by atoms with van der Waals surface area (Å²) in [6, 6.07) is 9.39. The zero-order valence-electron chi connectivity index (χ0n) is 13.9. The smallest absolute Gasteiger partial charge is 0.341 e. The number of hydrogen-bond acceptors (Lipinski definition) is 6. The number of ketones is 1. The van der Waals surface area contributed by atoms with E-state index in [1.54, 1.807) is 6.07 Å². The van der Waals surface area contributed by atoms with E-state index in [9.17, 15) is 25.0 Å². The van der Waals surface area contributed by atoms with Crippen molar-refractivity contribution in [3.8, 4) is 11.8 Å². The van der Waals surface area contributed by atoms with Gasteiger partial charge in [-0.2, -0.15) is 5.26 Å². The van der Waals surface area contributed by atoms with Crippen LogP contribution < -0.4 is 4.74 Å². The Kier molecular flexibility index (Phi) is 6.71. The van der Waals surface area contributed by atoms with Crippen LogP contribution in [0.2, 0.25) is 10.0 Å². The highest BCUT2D eigenvalue weighted by Crippen LogP contribution is 2.35. The fraction of sp³-hybridized carbons (Fsp3) is 0.0556. The molecule has 0 heterocycles. The number of Topliss-reactive ketones (excluding diaryl/α,β-unsaturated/α-hetero) is 1. The van der Waals surface area contributed by atoms with Crippen molar-refractivity contribution < 1.29 is 24.4 Å². The monoisotopic (exact) mass is 420 g/mol. The number of benzene rings is 2. The predicted molar refractivity (Wildman–Crippen MR) is 101 cm³/mol. The molecule has 0 saturated carbocycles. The van der Waals surface area contributed by atoms with Gasteiger partial charge in [0.05, 0.1) is 15.0 Å². The summed E-state index contributed by atoms with van der Waals surface area (Å²) in [7, 11) is 0. The third-order valence-electron chi connectivity index (χ3n) is 3.36. The van der Waals surface area contributed by atoms with Gasteiger partial charge in [0, 0.05) is 17.7 Å². The number of allylic oxidation sites excluding steroid dienone is 1. The first-order valence-electron chi connectivity index (χ1n) is 7.47. The molecule has 2 aromatic carbocycles. The lowest BCUT2D eigenvalue weighted by Crippen LogP contribution is -2.10. The number of aliphatic carboxylic acids is 1. The molecule has 1 N–H and O–H groups in total. The van der Waals surface area contributed by atoms with Crippen LogP contribution in [-0.2, 0) is 4.79 Å². The number of nitriles is 1. The number of carbonyl (C=O) groups excluding carboxylic acids is 1. The Morgan fingerprint density at radius 2 is 1.89 bits per heavy atom. The molecule has 2 aromatic rings. The zero-order valence-corrected chi connectivity index (χ0v) is 15.4. The number of hydrogen-bond donors (Lipinski definition) is 1. The number of halogens is 2. The van der Waals surface area contributed by atoms with E-state index in [0.29, 0.717) is 0 Å². The first-order valence-corrected chi connectivity index (χ1v) is 8.23. The number of nitro benzene ring substituents is 1. The van der Waals surface area contributed by atoms with Crippen LogP contribution in [-0.4, -0.2) is 28.4 Å². The molecule has 0 spiro atoms. The van der Waals surface area contributed by atoms with E-state index >= 15 is 0 Å². The molecule has 8 nitrogen and oxygen atoms in total. The maximum atomic E-state index is 12.5. The number of rotatable bonds is 7. The molecule has 0 aliphatic carbocycles. The van der Waals surface area contributed by atoms with E-state index in [4.69, 9.17) is 33.0 Å². The molecule has 10 heteroatoms. The third-order valence-corrected chi connectivity index (χ3v) is 3.92. The van der Waals surface area contributed by atoms with Gasteiger partial charge >= 0.3 is 5.97 Å². The van der Waals surface area contributed by atoms with Gasteiger partial charge in [-0.1, -0.05) is 35.3 Å². The molecule has 28 heavy (non-hydrogen) atoms. The van der Waals surface area contributed by atoms with Crippen LogP contribution in [0.15, 0.2) is 42.0 Å². The van der Waals surface area contributed by atoms with E-state index in [-0.39, 0.29) is 38.2 Å². The SMILES string of the molecule is N#C/C(=C\c1cc(Cl)c(OCC(=O)O)c(Cl)c1)C(=O)c1cccc([N+](=O)[O-])c1. The lowest BCUT2D eigenvalue weighted by molar-refractivity contribution is -0.384.